The van der Waals surface area contributed by atoms with Crippen LogP contribution < -0.4 is 5.73 Å². The van der Waals surface area contributed by atoms with Crippen molar-refractivity contribution in [3.05, 3.63) is 0 Å². The second-order valence-electron chi connectivity index (χ2n) is 2.51. The first-order valence-electron chi connectivity index (χ1n) is 3.31. The molecule has 70 valence electrons. The summed E-state index contributed by atoms with van der Waals surface area (Å²) in [4.78, 5) is 10.6. The molecule has 0 heterocycles. The fourth-order valence-corrected chi connectivity index (χ4v) is 2.16. The van der Waals surface area contributed by atoms with Gasteiger partial charge in [-0.25, -0.2) is 8.42 Å². The molecule has 0 amide bonds. The van der Waals surface area contributed by atoms with Crippen LogP contribution in [-0.2, 0) is 14.6 Å². The maximum Gasteiger partial charge on any atom is 0.157 e. The lowest BCUT2D eigenvalue weighted by Gasteiger charge is -1.99. The molecule has 0 aliphatic rings. The largest absolute Gasteiger partial charge is 0.393 e. The monoisotopic (exact) mass is 209 g/mol. The Morgan fingerprint density at radius 2 is 2.00 bits per heavy atom. The Hall–Kier alpha value is -0.490. The number of sulfone groups is 1. The fourth-order valence-electron chi connectivity index (χ4n) is 0.638. The predicted octanol–water partition coefficient (Wildman–Crippen LogP) is -0.334. The summed E-state index contributed by atoms with van der Waals surface area (Å²) in [5.74, 6) is -0.921. The van der Waals surface area contributed by atoms with Gasteiger partial charge < -0.3 is 5.73 Å². The van der Waals surface area contributed by atoms with Crippen LogP contribution in [0, 0.1) is 0 Å². The molecule has 0 radical (unpaired) electrons. The molecule has 0 rings (SSSR count). The van der Waals surface area contributed by atoms with E-state index in [1.54, 1.807) is 0 Å². The Labute approximate surface area is 77.0 Å². The standard InChI is InChI=1S/C6H11NO3S2/c1-5(8)4-12(9,10)3-2-6(7)11/h2-4H2,1H3,(H2,7,11). The molecule has 4 nitrogen and oxygen atoms in total. The number of carbonyl (C=O) groups excluding carboxylic acids is 1. The summed E-state index contributed by atoms with van der Waals surface area (Å²) < 4.78 is 22.0. The number of hydrogen-bond donors (Lipinski definition) is 1. The second kappa shape index (κ2) is 4.51. The summed E-state index contributed by atoms with van der Waals surface area (Å²) >= 11 is 4.51. The van der Waals surface area contributed by atoms with Gasteiger partial charge in [0.15, 0.2) is 9.84 Å². The summed E-state index contributed by atoms with van der Waals surface area (Å²) in [7, 11) is -3.29. The van der Waals surface area contributed by atoms with Gasteiger partial charge in [0, 0.05) is 6.42 Å². The first-order valence-corrected chi connectivity index (χ1v) is 5.54. The number of Topliss-reactive ketones (excluding diaryl/α,β-unsaturated/α-hetero) is 1. The van der Waals surface area contributed by atoms with E-state index in [1.165, 1.54) is 6.92 Å². The summed E-state index contributed by atoms with van der Waals surface area (Å²) in [6.45, 7) is 1.23. The normalized spacial score (nSPS) is 11.1. The van der Waals surface area contributed by atoms with Gasteiger partial charge in [-0.15, -0.1) is 0 Å². The topological polar surface area (TPSA) is 77.2 Å². The molecular weight excluding hydrogens is 198 g/mol. The van der Waals surface area contributed by atoms with Crippen molar-refractivity contribution in [1.82, 2.24) is 0 Å². The minimum Gasteiger partial charge on any atom is -0.393 e. The fraction of sp³-hybridized carbons (Fsp3) is 0.667. The van der Waals surface area contributed by atoms with E-state index in [2.05, 4.69) is 12.2 Å². The molecule has 2 N–H and O–H groups in total. The first kappa shape index (κ1) is 11.5. The van der Waals surface area contributed by atoms with Crippen LogP contribution >= 0.6 is 12.2 Å². The molecule has 0 saturated heterocycles. The third-order valence-electron chi connectivity index (χ3n) is 1.08. The molecule has 0 bridgehead atoms. The third-order valence-corrected chi connectivity index (χ3v) is 2.96. The molecule has 0 atom stereocenters. The Balaban J connectivity index is 4.06. The lowest BCUT2D eigenvalue weighted by molar-refractivity contribution is -0.114. The summed E-state index contributed by atoms with van der Waals surface area (Å²) in [5.41, 5.74) is 5.11. The molecule has 0 unspecified atom stereocenters. The van der Waals surface area contributed by atoms with Crippen LogP contribution in [0.1, 0.15) is 13.3 Å². The van der Waals surface area contributed by atoms with E-state index < -0.39 is 15.6 Å². The highest BCUT2D eigenvalue weighted by molar-refractivity contribution is 7.92. The van der Waals surface area contributed by atoms with Gasteiger partial charge in [0.25, 0.3) is 0 Å². The Bertz CT molecular complexity index is 281. The van der Waals surface area contributed by atoms with Crippen molar-refractivity contribution in [3.8, 4) is 0 Å². The number of rotatable bonds is 5. The van der Waals surface area contributed by atoms with Gasteiger partial charge in [-0.2, -0.15) is 0 Å². The van der Waals surface area contributed by atoms with E-state index in [0.717, 1.165) is 0 Å². The molecule has 0 saturated carbocycles. The van der Waals surface area contributed by atoms with Crippen LogP contribution in [-0.4, -0.2) is 30.7 Å². The zero-order valence-corrected chi connectivity index (χ0v) is 8.37. The van der Waals surface area contributed by atoms with Crippen LogP contribution in [0.15, 0.2) is 0 Å². The average Bonchev–Trinajstić information content (AvgIpc) is 1.81. The van der Waals surface area contributed by atoms with Crippen LogP contribution in [0.5, 0.6) is 0 Å². The molecular formula is C6H11NO3S2. The Morgan fingerprint density at radius 3 is 2.33 bits per heavy atom. The zero-order valence-electron chi connectivity index (χ0n) is 6.74. The predicted molar refractivity (Wildman–Crippen MR) is 50.7 cm³/mol. The maximum atomic E-state index is 11.0. The van der Waals surface area contributed by atoms with Gasteiger partial charge >= 0.3 is 0 Å². The van der Waals surface area contributed by atoms with Gasteiger partial charge in [-0.3, -0.25) is 4.79 Å². The smallest absolute Gasteiger partial charge is 0.157 e. The number of carbonyl (C=O) groups is 1. The molecule has 0 aromatic carbocycles. The Morgan fingerprint density at radius 1 is 1.50 bits per heavy atom. The molecule has 0 spiro atoms. The molecule has 12 heavy (non-hydrogen) atoms. The summed E-state index contributed by atoms with van der Waals surface area (Å²) in [5, 5.41) is 0. The maximum absolute atomic E-state index is 11.0. The molecule has 0 aliphatic heterocycles. The third kappa shape index (κ3) is 6.23. The zero-order chi connectivity index (χ0) is 9.78. The van der Waals surface area contributed by atoms with Crippen molar-refractivity contribution >= 4 is 32.8 Å². The van der Waals surface area contributed by atoms with E-state index in [0.29, 0.717) is 0 Å². The van der Waals surface area contributed by atoms with Crippen molar-refractivity contribution in [1.29, 1.82) is 0 Å². The lowest BCUT2D eigenvalue weighted by Crippen LogP contribution is -2.20. The highest BCUT2D eigenvalue weighted by Gasteiger charge is 2.13. The molecule has 0 aliphatic carbocycles. The van der Waals surface area contributed by atoms with Gasteiger partial charge in [-0.1, -0.05) is 12.2 Å². The van der Waals surface area contributed by atoms with E-state index in [9.17, 15) is 13.2 Å². The molecule has 0 aromatic heterocycles. The van der Waals surface area contributed by atoms with Crippen molar-refractivity contribution < 1.29 is 13.2 Å². The second-order valence-corrected chi connectivity index (χ2v) is 5.22. The SMILES string of the molecule is CC(=O)CS(=O)(=O)CCC(N)=S. The first-order chi connectivity index (χ1) is 5.33. The van der Waals surface area contributed by atoms with Gasteiger partial charge in [0.2, 0.25) is 0 Å². The van der Waals surface area contributed by atoms with Crippen LogP contribution in [0.3, 0.4) is 0 Å². The summed E-state index contributed by atoms with van der Waals surface area (Å²) in [6.07, 6.45) is 0.144. The minimum absolute atomic E-state index is 0.137. The van der Waals surface area contributed by atoms with Gasteiger partial charge in [0.05, 0.1) is 10.7 Å². The van der Waals surface area contributed by atoms with E-state index >= 15 is 0 Å². The number of hydrogen-bond acceptors (Lipinski definition) is 4. The lowest BCUT2D eigenvalue weighted by atomic mass is 10.5. The van der Waals surface area contributed by atoms with E-state index in [-0.39, 0.29) is 22.9 Å². The quantitative estimate of drug-likeness (QED) is 0.627. The van der Waals surface area contributed by atoms with E-state index in [1.807, 2.05) is 0 Å². The van der Waals surface area contributed by atoms with Crippen molar-refractivity contribution in [3.63, 3.8) is 0 Å². The van der Waals surface area contributed by atoms with Crippen LogP contribution in [0.2, 0.25) is 0 Å². The summed E-state index contributed by atoms with van der Waals surface area (Å²) in [6, 6.07) is 0. The van der Waals surface area contributed by atoms with Crippen LogP contribution in [0.4, 0.5) is 0 Å². The number of nitrogens with two attached hydrogens (primary N) is 1. The van der Waals surface area contributed by atoms with Gasteiger partial charge in [0.1, 0.15) is 11.5 Å². The number of ketones is 1. The van der Waals surface area contributed by atoms with Crippen molar-refractivity contribution in [2.24, 2.45) is 5.73 Å². The van der Waals surface area contributed by atoms with Crippen LogP contribution in [0.25, 0.3) is 0 Å². The molecule has 6 heteroatoms. The van der Waals surface area contributed by atoms with Crippen molar-refractivity contribution in [2.45, 2.75) is 13.3 Å². The van der Waals surface area contributed by atoms with Crippen molar-refractivity contribution in [2.75, 3.05) is 11.5 Å². The average molecular weight is 209 g/mol. The van der Waals surface area contributed by atoms with Gasteiger partial charge in [-0.05, 0) is 6.92 Å². The molecule has 0 fully saturated rings. The molecule has 0 aromatic rings. The highest BCUT2D eigenvalue weighted by Crippen LogP contribution is 1.94. The minimum atomic E-state index is -3.29. The van der Waals surface area contributed by atoms with E-state index in [4.69, 9.17) is 5.73 Å². The Kier molecular flexibility index (Phi) is 4.33. The number of thiocarbonyl (C=S) groups is 1. The highest BCUT2D eigenvalue weighted by atomic mass is 32.2.